The Morgan fingerprint density at radius 3 is 2.86 bits per heavy atom. The Kier molecular flexibility index (Phi) is 3.12. The van der Waals surface area contributed by atoms with Crippen LogP contribution in [0.3, 0.4) is 0 Å². The summed E-state index contributed by atoms with van der Waals surface area (Å²) < 4.78 is 5.46. The number of fused-ring (bicyclic) bond motifs is 1. The van der Waals surface area contributed by atoms with Crippen LogP contribution in [0.25, 0.3) is 0 Å². The molecule has 1 saturated heterocycles. The van der Waals surface area contributed by atoms with Gasteiger partial charge in [-0.05, 0) is 43.4 Å². The summed E-state index contributed by atoms with van der Waals surface area (Å²) in [6.07, 6.45) is 0.870. The van der Waals surface area contributed by atoms with Crippen LogP contribution in [-0.4, -0.2) is 22.8 Å². The molecule has 22 heavy (non-hydrogen) atoms. The molecule has 0 unspecified atom stereocenters. The van der Waals surface area contributed by atoms with E-state index in [1.165, 1.54) is 0 Å². The van der Waals surface area contributed by atoms with Gasteiger partial charge in [0, 0.05) is 11.6 Å². The molecule has 1 amide bonds. The van der Waals surface area contributed by atoms with Crippen molar-refractivity contribution in [3.63, 3.8) is 0 Å². The normalized spacial score (nSPS) is 38.2. The zero-order chi connectivity index (χ0) is 15.6. The van der Waals surface area contributed by atoms with E-state index < -0.39 is 0 Å². The number of carbonyl (C=O) groups is 2. The van der Waals surface area contributed by atoms with Gasteiger partial charge in [-0.1, -0.05) is 28.1 Å². The minimum absolute atomic E-state index is 0.0349. The van der Waals surface area contributed by atoms with Gasteiger partial charge in [0.05, 0.1) is 16.7 Å². The van der Waals surface area contributed by atoms with Crippen molar-refractivity contribution in [1.29, 1.82) is 0 Å². The van der Waals surface area contributed by atoms with Crippen LogP contribution in [-0.2, 0) is 14.3 Å². The van der Waals surface area contributed by atoms with Gasteiger partial charge >= 0.3 is 5.97 Å². The van der Waals surface area contributed by atoms with Crippen molar-refractivity contribution in [1.82, 2.24) is 0 Å². The van der Waals surface area contributed by atoms with Gasteiger partial charge in [0.25, 0.3) is 0 Å². The number of esters is 1. The number of alkyl halides is 1. The van der Waals surface area contributed by atoms with E-state index in [0.29, 0.717) is 0 Å². The second-order valence-electron chi connectivity index (χ2n) is 6.70. The van der Waals surface area contributed by atoms with Gasteiger partial charge in [-0.15, -0.1) is 0 Å². The van der Waals surface area contributed by atoms with Gasteiger partial charge in [-0.2, -0.15) is 0 Å². The molecule has 2 aliphatic carbocycles. The molecule has 1 aromatic rings. The van der Waals surface area contributed by atoms with Crippen molar-refractivity contribution in [2.24, 2.45) is 23.7 Å². The molecular weight excluding hydrogens is 346 g/mol. The first kappa shape index (κ1) is 14.2. The number of ether oxygens (including phenoxy) is 1. The summed E-state index contributed by atoms with van der Waals surface area (Å²) in [7, 11) is 0. The van der Waals surface area contributed by atoms with Crippen molar-refractivity contribution >= 4 is 33.5 Å². The van der Waals surface area contributed by atoms with Crippen molar-refractivity contribution in [3.8, 4) is 0 Å². The Morgan fingerprint density at radius 1 is 1.32 bits per heavy atom. The smallest absolute Gasteiger partial charge is 0.310 e. The quantitative estimate of drug-likeness (QED) is 0.649. The molecule has 4 rings (SSSR count). The van der Waals surface area contributed by atoms with Crippen LogP contribution in [0.4, 0.5) is 5.69 Å². The number of benzene rings is 1. The second kappa shape index (κ2) is 4.82. The monoisotopic (exact) mass is 363 g/mol. The van der Waals surface area contributed by atoms with Crippen molar-refractivity contribution in [3.05, 3.63) is 29.3 Å². The maximum Gasteiger partial charge on any atom is 0.310 e. The molecule has 1 N–H and O–H groups in total. The molecule has 1 heterocycles. The highest BCUT2D eigenvalue weighted by atomic mass is 79.9. The SMILES string of the molecule is Cc1cccc(NC(=O)[C@H]2[C@H]3C[C@H]4[C@H](OC(=O)[C@@H]42)[C@@H]3Br)c1C. The standard InChI is InChI=1S/C17H18BrNO3/c1-7-4-3-5-11(8(7)2)19-16(20)12-9-6-10-13(12)17(21)22-15(10)14(9)18/h3-5,9-10,12-15H,6H2,1-2H3,(H,19,20)/t9-,10-,12+,13+,14-,15+/m1/s1. The first-order valence-corrected chi connectivity index (χ1v) is 8.62. The average molecular weight is 364 g/mol. The minimum atomic E-state index is -0.277. The Labute approximate surface area is 137 Å². The van der Waals surface area contributed by atoms with Crippen LogP contribution in [0.15, 0.2) is 18.2 Å². The summed E-state index contributed by atoms with van der Waals surface area (Å²) in [6.45, 7) is 4.02. The first-order chi connectivity index (χ1) is 10.5. The van der Waals surface area contributed by atoms with E-state index >= 15 is 0 Å². The van der Waals surface area contributed by atoms with Gasteiger partial charge < -0.3 is 10.1 Å². The lowest BCUT2D eigenvalue weighted by atomic mass is 9.79. The van der Waals surface area contributed by atoms with E-state index in [-0.39, 0.29) is 46.5 Å². The average Bonchev–Trinajstić information content (AvgIpc) is 3.08. The number of anilines is 1. The predicted octanol–water partition coefficient (Wildman–Crippen LogP) is 2.81. The van der Waals surface area contributed by atoms with Crippen molar-refractivity contribution < 1.29 is 14.3 Å². The third kappa shape index (κ3) is 1.81. The van der Waals surface area contributed by atoms with Crippen LogP contribution >= 0.6 is 15.9 Å². The van der Waals surface area contributed by atoms with E-state index in [0.717, 1.165) is 23.2 Å². The highest BCUT2D eigenvalue weighted by Gasteiger charge is 2.67. The third-order valence-electron chi connectivity index (χ3n) is 5.69. The van der Waals surface area contributed by atoms with Crippen LogP contribution < -0.4 is 5.32 Å². The van der Waals surface area contributed by atoms with Crippen LogP contribution in [0.2, 0.25) is 0 Å². The lowest BCUT2D eigenvalue weighted by Crippen LogP contribution is -2.40. The minimum Gasteiger partial charge on any atom is -0.461 e. The molecule has 116 valence electrons. The fourth-order valence-corrected chi connectivity index (χ4v) is 5.48. The molecule has 0 spiro atoms. The summed E-state index contributed by atoms with van der Waals surface area (Å²) in [4.78, 5) is 25.0. The molecule has 2 bridgehead atoms. The zero-order valence-corrected chi connectivity index (χ0v) is 14.1. The molecule has 0 radical (unpaired) electrons. The van der Waals surface area contributed by atoms with Gasteiger partial charge in [0.1, 0.15) is 6.10 Å². The fraction of sp³-hybridized carbons (Fsp3) is 0.529. The van der Waals surface area contributed by atoms with Crippen molar-refractivity contribution in [2.45, 2.75) is 31.2 Å². The number of amides is 1. The summed E-state index contributed by atoms with van der Waals surface area (Å²) in [5.74, 6) is -0.379. The summed E-state index contributed by atoms with van der Waals surface area (Å²) in [5.41, 5.74) is 3.05. The molecule has 1 aromatic carbocycles. The Bertz CT molecular complexity index is 674. The van der Waals surface area contributed by atoms with Crippen LogP contribution in [0.1, 0.15) is 17.5 Å². The van der Waals surface area contributed by atoms with E-state index in [4.69, 9.17) is 4.74 Å². The number of halogens is 1. The molecule has 2 saturated carbocycles. The number of aryl methyl sites for hydroxylation is 1. The second-order valence-corrected chi connectivity index (χ2v) is 7.75. The lowest BCUT2D eigenvalue weighted by Gasteiger charge is -2.27. The molecule has 3 fully saturated rings. The zero-order valence-electron chi connectivity index (χ0n) is 12.5. The third-order valence-corrected chi connectivity index (χ3v) is 6.89. The molecule has 3 aliphatic rings. The Hall–Kier alpha value is -1.36. The predicted molar refractivity (Wildman–Crippen MR) is 85.7 cm³/mol. The maximum absolute atomic E-state index is 12.8. The summed E-state index contributed by atoms with van der Waals surface area (Å²) >= 11 is 3.64. The molecule has 1 aliphatic heterocycles. The summed E-state index contributed by atoms with van der Waals surface area (Å²) in [5, 5.41) is 3.03. The molecule has 6 atom stereocenters. The number of rotatable bonds is 2. The maximum atomic E-state index is 12.8. The van der Waals surface area contributed by atoms with Crippen LogP contribution in [0, 0.1) is 37.5 Å². The Balaban J connectivity index is 1.61. The fourth-order valence-electron chi connectivity index (χ4n) is 4.43. The van der Waals surface area contributed by atoms with Crippen LogP contribution in [0.5, 0.6) is 0 Å². The topological polar surface area (TPSA) is 55.4 Å². The van der Waals surface area contributed by atoms with Gasteiger partial charge in [0.15, 0.2) is 0 Å². The molecule has 0 aromatic heterocycles. The summed E-state index contributed by atoms with van der Waals surface area (Å²) in [6, 6.07) is 5.87. The van der Waals surface area contributed by atoms with E-state index in [1.54, 1.807) is 0 Å². The molecule has 5 heteroatoms. The first-order valence-electron chi connectivity index (χ1n) is 7.70. The van der Waals surface area contributed by atoms with Crippen molar-refractivity contribution in [2.75, 3.05) is 5.32 Å². The van der Waals surface area contributed by atoms with E-state index in [1.807, 2.05) is 32.0 Å². The van der Waals surface area contributed by atoms with Gasteiger partial charge in [-0.25, -0.2) is 0 Å². The van der Waals surface area contributed by atoms with Gasteiger partial charge in [0.2, 0.25) is 5.91 Å². The molecule has 4 nitrogen and oxygen atoms in total. The largest absolute Gasteiger partial charge is 0.461 e. The number of hydrogen-bond acceptors (Lipinski definition) is 3. The number of nitrogens with one attached hydrogen (secondary N) is 1. The van der Waals surface area contributed by atoms with E-state index in [2.05, 4.69) is 21.2 Å². The Morgan fingerprint density at radius 2 is 2.09 bits per heavy atom. The number of hydrogen-bond donors (Lipinski definition) is 1. The number of carbonyl (C=O) groups excluding carboxylic acids is 2. The lowest BCUT2D eigenvalue weighted by molar-refractivity contribution is -0.145. The van der Waals surface area contributed by atoms with Gasteiger partial charge in [-0.3, -0.25) is 9.59 Å². The highest BCUT2D eigenvalue weighted by molar-refractivity contribution is 9.09. The highest BCUT2D eigenvalue weighted by Crippen LogP contribution is 2.60. The van der Waals surface area contributed by atoms with E-state index in [9.17, 15) is 9.59 Å². The molecular formula is C17H18BrNO3.